The van der Waals surface area contributed by atoms with Gasteiger partial charge in [-0.1, -0.05) is 29.3 Å². The van der Waals surface area contributed by atoms with Crippen molar-refractivity contribution in [3.63, 3.8) is 0 Å². The van der Waals surface area contributed by atoms with Crippen LogP contribution in [-0.2, 0) is 0 Å². The van der Waals surface area contributed by atoms with Crippen molar-refractivity contribution in [2.45, 2.75) is 0 Å². The number of halogens is 2. The lowest BCUT2D eigenvalue weighted by molar-refractivity contribution is 0.102. The van der Waals surface area contributed by atoms with Crippen molar-refractivity contribution in [3.8, 4) is 0 Å². The first kappa shape index (κ1) is 13.5. The largest absolute Gasteiger partial charge is 0.399 e. The number of carbonyl (C=O) groups is 1. The van der Waals surface area contributed by atoms with Crippen LogP contribution >= 0.6 is 23.2 Å². The first-order valence-corrected chi connectivity index (χ1v) is 6.15. The smallest absolute Gasteiger partial charge is 0.257 e. The Morgan fingerprint density at radius 3 is 2.53 bits per heavy atom. The molecule has 1 amide bonds. The second kappa shape index (κ2) is 5.38. The topological polar surface area (TPSA) is 81.1 Å². The Labute approximate surface area is 120 Å². The van der Waals surface area contributed by atoms with Gasteiger partial charge >= 0.3 is 0 Å². The van der Waals surface area contributed by atoms with Crippen molar-refractivity contribution in [2.75, 3.05) is 16.8 Å². The van der Waals surface area contributed by atoms with Crippen LogP contribution in [0, 0.1) is 0 Å². The predicted octanol–water partition coefficient (Wildman–Crippen LogP) is 3.41. The molecule has 0 atom stereocenters. The number of rotatable bonds is 2. The van der Waals surface area contributed by atoms with Crippen molar-refractivity contribution < 1.29 is 4.79 Å². The summed E-state index contributed by atoms with van der Waals surface area (Å²) in [5.74, 6) is -0.373. The van der Waals surface area contributed by atoms with Gasteiger partial charge in [0.15, 0.2) is 0 Å². The lowest BCUT2D eigenvalue weighted by Gasteiger charge is -2.10. The zero-order valence-electron chi connectivity index (χ0n) is 9.78. The average molecular weight is 296 g/mol. The van der Waals surface area contributed by atoms with Gasteiger partial charge in [-0.15, -0.1) is 0 Å². The fraction of sp³-hybridized carbons (Fsp3) is 0. The van der Waals surface area contributed by atoms with Gasteiger partial charge in [-0.2, -0.15) is 0 Å². The van der Waals surface area contributed by atoms with Crippen LogP contribution in [0.1, 0.15) is 10.4 Å². The Bertz CT molecular complexity index is 644. The van der Waals surface area contributed by atoms with E-state index >= 15 is 0 Å². The van der Waals surface area contributed by atoms with Crippen LogP contribution in [0.2, 0.25) is 10.0 Å². The molecule has 0 aliphatic rings. The third kappa shape index (κ3) is 2.92. The van der Waals surface area contributed by atoms with Crippen molar-refractivity contribution in [2.24, 2.45) is 0 Å². The van der Waals surface area contributed by atoms with E-state index in [1.165, 1.54) is 6.07 Å². The molecule has 0 heterocycles. The molecule has 0 saturated carbocycles. The fourth-order valence-corrected chi connectivity index (χ4v) is 1.93. The number of nitrogens with two attached hydrogens (primary N) is 2. The highest BCUT2D eigenvalue weighted by Crippen LogP contribution is 2.30. The van der Waals surface area contributed by atoms with Crippen LogP contribution in [0.3, 0.4) is 0 Å². The lowest BCUT2D eigenvalue weighted by Crippen LogP contribution is -2.14. The van der Waals surface area contributed by atoms with Crippen LogP contribution in [0.4, 0.5) is 17.1 Å². The SMILES string of the molecule is Nc1ccc(C(=O)Nc2cccc(Cl)c2Cl)c(N)c1. The lowest BCUT2D eigenvalue weighted by atomic mass is 10.1. The summed E-state index contributed by atoms with van der Waals surface area (Å²) in [6.07, 6.45) is 0. The number of anilines is 3. The summed E-state index contributed by atoms with van der Waals surface area (Å²) in [6.45, 7) is 0. The first-order chi connectivity index (χ1) is 8.99. The van der Waals surface area contributed by atoms with E-state index in [0.717, 1.165) is 0 Å². The van der Waals surface area contributed by atoms with Crippen LogP contribution in [0.5, 0.6) is 0 Å². The monoisotopic (exact) mass is 295 g/mol. The van der Waals surface area contributed by atoms with Crippen LogP contribution in [-0.4, -0.2) is 5.91 Å². The second-order valence-corrected chi connectivity index (χ2v) is 4.69. The Balaban J connectivity index is 2.28. The standard InChI is InChI=1S/C13H11Cl2N3O/c14-9-2-1-3-11(12(9)15)18-13(19)8-5-4-7(16)6-10(8)17/h1-6H,16-17H2,(H,18,19). The van der Waals surface area contributed by atoms with E-state index in [4.69, 9.17) is 34.7 Å². The maximum Gasteiger partial charge on any atom is 0.257 e. The minimum absolute atomic E-state index is 0.284. The van der Waals surface area contributed by atoms with E-state index < -0.39 is 0 Å². The summed E-state index contributed by atoms with van der Waals surface area (Å²) in [4.78, 5) is 12.1. The summed E-state index contributed by atoms with van der Waals surface area (Å²) >= 11 is 11.9. The van der Waals surface area contributed by atoms with Crippen molar-refractivity contribution in [1.29, 1.82) is 0 Å². The number of hydrogen-bond acceptors (Lipinski definition) is 3. The highest BCUT2D eigenvalue weighted by atomic mass is 35.5. The number of benzene rings is 2. The van der Waals surface area contributed by atoms with Gasteiger partial charge < -0.3 is 16.8 Å². The van der Waals surface area contributed by atoms with Crippen LogP contribution in [0.25, 0.3) is 0 Å². The molecule has 0 aromatic heterocycles. The summed E-state index contributed by atoms with van der Waals surface area (Å²) in [7, 11) is 0. The summed E-state index contributed by atoms with van der Waals surface area (Å²) in [5, 5.41) is 3.30. The Kier molecular flexibility index (Phi) is 3.83. The summed E-state index contributed by atoms with van der Waals surface area (Å²) < 4.78 is 0. The summed E-state index contributed by atoms with van der Waals surface area (Å²) in [6, 6.07) is 9.66. The normalized spacial score (nSPS) is 10.2. The van der Waals surface area contributed by atoms with Gasteiger partial charge in [-0.3, -0.25) is 4.79 Å². The van der Waals surface area contributed by atoms with Gasteiger partial charge in [0.2, 0.25) is 0 Å². The number of hydrogen-bond donors (Lipinski definition) is 3. The summed E-state index contributed by atoms with van der Waals surface area (Å²) in [5.41, 5.74) is 12.9. The molecule has 6 heteroatoms. The third-order valence-corrected chi connectivity index (χ3v) is 3.34. The number of carbonyl (C=O) groups excluding carboxylic acids is 1. The van der Waals surface area contributed by atoms with Crippen molar-refractivity contribution in [3.05, 3.63) is 52.0 Å². The molecule has 0 fully saturated rings. The van der Waals surface area contributed by atoms with E-state index in [2.05, 4.69) is 5.32 Å². The molecule has 0 radical (unpaired) electrons. The predicted molar refractivity (Wildman–Crippen MR) is 79.7 cm³/mol. The van der Waals surface area contributed by atoms with Gasteiger partial charge in [0.05, 0.1) is 21.3 Å². The maximum atomic E-state index is 12.1. The fourth-order valence-electron chi connectivity index (χ4n) is 1.58. The van der Waals surface area contributed by atoms with Crippen molar-refractivity contribution >= 4 is 46.2 Å². The molecule has 0 bridgehead atoms. The van der Waals surface area contributed by atoms with Crippen LogP contribution < -0.4 is 16.8 Å². The quantitative estimate of drug-likeness (QED) is 0.743. The molecular formula is C13H11Cl2N3O. The second-order valence-electron chi connectivity index (χ2n) is 3.90. The van der Waals surface area contributed by atoms with Gasteiger partial charge in [0.1, 0.15) is 0 Å². The minimum Gasteiger partial charge on any atom is -0.399 e. The molecule has 98 valence electrons. The molecule has 2 rings (SSSR count). The average Bonchev–Trinajstić information content (AvgIpc) is 2.34. The molecule has 0 aliphatic heterocycles. The van der Waals surface area contributed by atoms with E-state index in [1.54, 1.807) is 30.3 Å². The molecule has 0 aliphatic carbocycles. The van der Waals surface area contributed by atoms with E-state index in [9.17, 15) is 4.79 Å². The molecule has 5 N–H and O–H groups in total. The number of amides is 1. The number of nitrogens with one attached hydrogen (secondary N) is 1. The minimum atomic E-state index is -0.373. The van der Waals surface area contributed by atoms with Gasteiger partial charge in [0.25, 0.3) is 5.91 Å². The van der Waals surface area contributed by atoms with E-state index in [0.29, 0.717) is 27.6 Å². The third-order valence-electron chi connectivity index (χ3n) is 2.52. The Morgan fingerprint density at radius 2 is 1.84 bits per heavy atom. The molecular weight excluding hydrogens is 285 g/mol. The van der Waals surface area contributed by atoms with E-state index in [1.807, 2.05) is 0 Å². The van der Waals surface area contributed by atoms with E-state index in [-0.39, 0.29) is 10.9 Å². The van der Waals surface area contributed by atoms with Crippen molar-refractivity contribution in [1.82, 2.24) is 0 Å². The Morgan fingerprint density at radius 1 is 1.11 bits per heavy atom. The van der Waals surface area contributed by atoms with Gasteiger partial charge in [-0.05, 0) is 30.3 Å². The zero-order valence-corrected chi connectivity index (χ0v) is 11.3. The van der Waals surface area contributed by atoms with Crippen LogP contribution in [0.15, 0.2) is 36.4 Å². The molecule has 2 aromatic rings. The molecule has 19 heavy (non-hydrogen) atoms. The molecule has 4 nitrogen and oxygen atoms in total. The molecule has 0 saturated heterocycles. The molecule has 0 unspecified atom stereocenters. The highest BCUT2D eigenvalue weighted by Gasteiger charge is 2.12. The highest BCUT2D eigenvalue weighted by molar-refractivity contribution is 6.44. The maximum absolute atomic E-state index is 12.1. The van der Waals surface area contributed by atoms with Gasteiger partial charge in [-0.25, -0.2) is 0 Å². The Hall–Kier alpha value is -1.91. The zero-order chi connectivity index (χ0) is 14.0. The molecule has 2 aromatic carbocycles. The van der Waals surface area contributed by atoms with Gasteiger partial charge in [0, 0.05) is 11.4 Å². The number of nitrogen functional groups attached to an aromatic ring is 2. The first-order valence-electron chi connectivity index (χ1n) is 5.39. The molecule has 0 spiro atoms.